The van der Waals surface area contributed by atoms with Gasteiger partial charge in [0.2, 0.25) is 0 Å². The zero-order valence-corrected chi connectivity index (χ0v) is 13.6. The third kappa shape index (κ3) is 5.47. The van der Waals surface area contributed by atoms with Crippen LogP contribution in [0.4, 0.5) is 5.13 Å². The molecule has 0 saturated heterocycles. The molecule has 0 bridgehead atoms. The van der Waals surface area contributed by atoms with Crippen LogP contribution >= 0.6 is 11.3 Å². The standard InChI is InChI=1S/C14H27N3OS/c1-6-7-15-8-13-12(10-18-5)16-14(19-13)17(4)9-11(2)3/h11,15H,6-10H2,1-5H3. The van der Waals surface area contributed by atoms with Crippen molar-refractivity contribution in [1.29, 1.82) is 0 Å². The first-order valence-corrected chi connectivity index (χ1v) is 7.79. The first-order valence-electron chi connectivity index (χ1n) is 6.97. The summed E-state index contributed by atoms with van der Waals surface area (Å²) >= 11 is 1.77. The number of hydrogen-bond acceptors (Lipinski definition) is 5. The highest BCUT2D eigenvalue weighted by atomic mass is 32.1. The van der Waals surface area contributed by atoms with Gasteiger partial charge in [-0.3, -0.25) is 0 Å². The minimum Gasteiger partial charge on any atom is -0.378 e. The molecule has 0 radical (unpaired) electrons. The van der Waals surface area contributed by atoms with Gasteiger partial charge in [0.1, 0.15) is 0 Å². The van der Waals surface area contributed by atoms with Crippen LogP contribution in [0.1, 0.15) is 37.8 Å². The first-order chi connectivity index (χ1) is 9.08. The summed E-state index contributed by atoms with van der Waals surface area (Å²) in [7, 11) is 3.83. The number of nitrogens with one attached hydrogen (secondary N) is 1. The maximum absolute atomic E-state index is 5.25. The molecule has 0 spiro atoms. The maximum atomic E-state index is 5.25. The number of ether oxygens (including phenoxy) is 1. The molecule has 0 amide bonds. The van der Waals surface area contributed by atoms with Gasteiger partial charge in [-0.2, -0.15) is 0 Å². The normalized spacial score (nSPS) is 11.3. The average molecular weight is 285 g/mol. The van der Waals surface area contributed by atoms with E-state index in [1.54, 1.807) is 18.4 Å². The maximum Gasteiger partial charge on any atom is 0.185 e. The summed E-state index contributed by atoms with van der Waals surface area (Å²) in [6.45, 7) is 10.2. The summed E-state index contributed by atoms with van der Waals surface area (Å²) in [5, 5.41) is 4.53. The Morgan fingerprint density at radius 1 is 1.42 bits per heavy atom. The first kappa shape index (κ1) is 16.4. The van der Waals surface area contributed by atoms with Crippen molar-refractivity contribution in [3.8, 4) is 0 Å². The van der Waals surface area contributed by atoms with E-state index in [1.807, 2.05) is 0 Å². The molecule has 0 aliphatic rings. The zero-order valence-electron chi connectivity index (χ0n) is 12.8. The molecule has 19 heavy (non-hydrogen) atoms. The number of hydrogen-bond donors (Lipinski definition) is 1. The fourth-order valence-corrected chi connectivity index (χ4v) is 2.93. The van der Waals surface area contributed by atoms with E-state index in [-0.39, 0.29) is 0 Å². The van der Waals surface area contributed by atoms with Crippen molar-refractivity contribution in [2.75, 3.05) is 32.1 Å². The quantitative estimate of drug-likeness (QED) is 0.708. The Morgan fingerprint density at radius 2 is 2.16 bits per heavy atom. The molecule has 0 aromatic carbocycles. The predicted octanol–water partition coefficient (Wildman–Crippen LogP) is 2.88. The highest BCUT2D eigenvalue weighted by Gasteiger charge is 2.14. The van der Waals surface area contributed by atoms with Gasteiger partial charge >= 0.3 is 0 Å². The van der Waals surface area contributed by atoms with E-state index in [4.69, 9.17) is 9.72 Å². The lowest BCUT2D eigenvalue weighted by molar-refractivity contribution is 0.181. The summed E-state index contributed by atoms with van der Waals surface area (Å²) in [4.78, 5) is 8.24. The molecule has 4 nitrogen and oxygen atoms in total. The van der Waals surface area contributed by atoms with Gasteiger partial charge in [-0.1, -0.05) is 20.8 Å². The molecule has 0 fully saturated rings. The molecular weight excluding hydrogens is 258 g/mol. The Labute approximate surface area is 121 Å². The van der Waals surface area contributed by atoms with E-state index in [0.717, 1.165) is 36.9 Å². The fourth-order valence-electron chi connectivity index (χ4n) is 1.93. The number of anilines is 1. The minimum atomic E-state index is 0.592. The average Bonchev–Trinajstić information content (AvgIpc) is 2.73. The van der Waals surface area contributed by atoms with Crippen molar-refractivity contribution in [2.24, 2.45) is 5.92 Å². The van der Waals surface area contributed by atoms with Crippen LogP contribution in [0.5, 0.6) is 0 Å². The van der Waals surface area contributed by atoms with E-state index < -0.39 is 0 Å². The Hall–Kier alpha value is -0.650. The molecular formula is C14H27N3OS. The van der Waals surface area contributed by atoms with Crippen molar-refractivity contribution < 1.29 is 4.74 Å². The van der Waals surface area contributed by atoms with Crippen molar-refractivity contribution in [2.45, 2.75) is 40.3 Å². The van der Waals surface area contributed by atoms with Gasteiger partial charge < -0.3 is 15.0 Å². The molecule has 0 saturated carbocycles. The van der Waals surface area contributed by atoms with Crippen LogP contribution in [-0.4, -0.2) is 32.2 Å². The van der Waals surface area contributed by atoms with Crippen LogP contribution in [0.25, 0.3) is 0 Å². The van der Waals surface area contributed by atoms with Gasteiger partial charge in [-0.25, -0.2) is 4.98 Å². The van der Waals surface area contributed by atoms with Gasteiger partial charge in [0, 0.05) is 32.1 Å². The van der Waals surface area contributed by atoms with Crippen molar-refractivity contribution in [1.82, 2.24) is 10.3 Å². The molecule has 1 aromatic rings. The van der Waals surface area contributed by atoms with Crippen LogP contribution in [-0.2, 0) is 17.9 Å². The summed E-state index contributed by atoms with van der Waals surface area (Å²) in [6.07, 6.45) is 1.15. The topological polar surface area (TPSA) is 37.4 Å². The van der Waals surface area contributed by atoms with Gasteiger partial charge in [0.15, 0.2) is 5.13 Å². The van der Waals surface area contributed by atoms with Gasteiger partial charge in [0.05, 0.1) is 12.3 Å². The Morgan fingerprint density at radius 3 is 2.74 bits per heavy atom. The molecule has 1 heterocycles. The lowest BCUT2D eigenvalue weighted by atomic mass is 10.2. The molecule has 0 aliphatic carbocycles. The number of thiazole rings is 1. The van der Waals surface area contributed by atoms with E-state index in [0.29, 0.717) is 12.5 Å². The van der Waals surface area contributed by atoms with E-state index in [1.165, 1.54) is 4.88 Å². The second kappa shape index (κ2) is 8.51. The molecule has 5 heteroatoms. The lowest BCUT2D eigenvalue weighted by Crippen LogP contribution is -2.22. The smallest absolute Gasteiger partial charge is 0.185 e. The summed E-state index contributed by atoms with van der Waals surface area (Å²) in [6, 6.07) is 0. The monoisotopic (exact) mass is 285 g/mol. The Kier molecular flexibility index (Phi) is 7.34. The predicted molar refractivity (Wildman–Crippen MR) is 82.9 cm³/mol. The summed E-state index contributed by atoms with van der Waals surface area (Å²) < 4.78 is 5.25. The largest absolute Gasteiger partial charge is 0.378 e. The van der Waals surface area contributed by atoms with Gasteiger partial charge in [-0.05, 0) is 18.9 Å². The minimum absolute atomic E-state index is 0.592. The second-order valence-corrected chi connectivity index (χ2v) is 6.31. The van der Waals surface area contributed by atoms with Crippen LogP contribution in [0.3, 0.4) is 0 Å². The van der Waals surface area contributed by atoms with Crippen molar-refractivity contribution in [3.05, 3.63) is 10.6 Å². The fraction of sp³-hybridized carbons (Fsp3) is 0.786. The van der Waals surface area contributed by atoms with Crippen LogP contribution in [0.15, 0.2) is 0 Å². The highest BCUT2D eigenvalue weighted by molar-refractivity contribution is 7.15. The van der Waals surface area contributed by atoms with Crippen molar-refractivity contribution >= 4 is 16.5 Å². The van der Waals surface area contributed by atoms with E-state index in [9.17, 15) is 0 Å². The van der Waals surface area contributed by atoms with Crippen LogP contribution in [0.2, 0.25) is 0 Å². The molecule has 1 aromatic heterocycles. The molecule has 1 rings (SSSR count). The van der Waals surface area contributed by atoms with Gasteiger partial charge in [0.25, 0.3) is 0 Å². The van der Waals surface area contributed by atoms with Crippen molar-refractivity contribution in [3.63, 3.8) is 0 Å². The third-order valence-corrected chi connectivity index (χ3v) is 3.94. The number of aromatic nitrogens is 1. The number of rotatable bonds is 9. The highest BCUT2D eigenvalue weighted by Crippen LogP contribution is 2.26. The third-order valence-electron chi connectivity index (χ3n) is 2.73. The molecule has 110 valence electrons. The Balaban J connectivity index is 2.74. The van der Waals surface area contributed by atoms with E-state index >= 15 is 0 Å². The van der Waals surface area contributed by atoms with Gasteiger partial charge in [-0.15, -0.1) is 11.3 Å². The zero-order chi connectivity index (χ0) is 14.3. The summed E-state index contributed by atoms with van der Waals surface area (Å²) in [5.74, 6) is 0.640. The second-order valence-electron chi connectivity index (χ2n) is 5.25. The Bertz CT molecular complexity index is 366. The SMILES string of the molecule is CCCNCc1sc(N(C)CC(C)C)nc1COC. The van der Waals surface area contributed by atoms with Crippen LogP contribution in [0, 0.1) is 5.92 Å². The van der Waals surface area contributed by atoms with Crippen LogP contribution < -0.4 is 10.2 Å². The molecule has 0 unspecified atom stereocenters. The molecule has 0 atom stereocenters. The number of methoxy groups -OCH3 is 1. The van der Waals surface area contributed by atoms with E-state index in [2.05, 4.69) is 38.0 Å². The molecule has 1 N–H and O–H groups in total. The summed E-state index contributed by atoms with van der Waals surface area (Å²) in [5.41, 5.74) is 1.07. The number of nitrogens with zero attached hydrogens (tertiary/aromatic N) is 2. The molecule has 0 aliphatic heterocycles. The lowest BCUT2D eigenvalue weighted by Gasteiger charge is -2.17.